The Morgan fingerprint density at radius 1 is 1.43 bits per heavy atom. The van der Waals surface area contributed by atoms with Gasteiger partial charge in [0.25, 0.3) is 0 Å². The highest BCUT2D eigenvalue weighted by Gasteiger charge is 2.50. The van der Waals surface area contributed by atoms with E-state index in [-0.39, 0.29) is 23.0 Å². The van der Waals surface area contributed by atoms with Crippen molar-refractivity contribution in [1.29, 1.82) is 0 Å². The van der Waals surface area contributed by atoms with Gasteiger partial charge in [0.05, 0.1) is 11.3 Å². The van der Waals surface area contributed by atoms with E-state index in [9.17, 15) is 18.0 Å². The van der Waals surface area contributed by atoms with Crippen molar-refractivity contribution < 1.29 is 18.0 Å². The summed E-state index contributed by atoms with van der Waals surface area (Å²) in [7, 11) is 0. The fourth-order valence-corrected chi connectivity index (χ4v) is 4.28. The normalized spacial score (nSPS) is 36.7. The summed E-state index contributed by atoms with van der Waals surface area (Å²) < 4.78 is 38.2. The van der Waals surface area contributed by atoms with Gasteiger partial charge in [-0.15, -0.1) is 11.6 Å². The Balaban J connectivity index is 2.21. The van der Waals surface area contributed by atoms with E-state index in [1.165, 1.54) is 6.92 Å². The smallest absolute Gasteiger partial charge is 0.295 e. The molecule has 2 rings (SSSR count). The van der Waals surface area contributed by atoms with Gasteiger partial charge in [-0.3, -0.25) is 4.79 Å². The van der Waals surface area contributed by atoms with Crippen molar-refractivity contribution in [2.75, 3.05) is 0 Å². The number of carbonyl (C=O) groups excluding carboxylic acids is 1. The third kappa shape index (κ3) is 3.46. The van der Waals surface area contributed by atoms with E-state index < -0.39 is 17.5 Å². The molecule has 0 saturated heterocycles. The van der Waals surface area contributed by atoms with Crippen molar-refractivity contribution in [3.8, 4) is 0 Å². The molecule has 0 spiro atoms. The maximum atomic E-state index is 12.7. The first kappa shape index (κ1) is 16.9. The van der Waals surface area contributed by atoms with Gasteiger partial charge in [-0.05, 0) is 49.5 Å². The van der Waals surface area contributed by atoms with E-state index in [0.717, 1.165) is 5.57 Å². The lowest BCUT2D eigenvalue weighted by Crippen LogP contribution is -2.44. The minimum absolute atomic E-state index is 0.136. The number of alkyl halides is 4. The van der Waals surface area contributed by atoms with Crippen molar-refractivity contribution in [2.24, 2.45) is 17.3 Å². The van der Waals surface area contributed by atoms with Crippen molar-refractivity contribution >= 4 is 17.4 Å². The molecule has 0 aromatic rings. The lowest BCUT2D eigenvalue weighted by Gasteiger charge is -2.49. The van der Waals surface area contributed by atoms with Crippen molar-refractivity contribution in [3.63, 3.8) is 0 Å². The highest BCUT2D eigenvalue weighted by Crippen LogP contribution is 2.55. The molecule has 0 aromatic carbocycles. The van der Waals surface area contributed by atoms with Crippen molar-refractivity contribution in [1.82, 2.24) is 0 Å². The molecular formula is C16H22ClF3O. The number of fused-ring (bicyclic) bond motifs is 1. The largest absolute Gasteiger partial charge is 0.390 e. The Hall–Kier alpha value is -0.510. The van der Waals surface area contributed by atoms with Crippen LogP contribution in [0.1, 0.15) is 52.9 Å². The van der Waals surface area contributed by atoms with Gasteiger partial charge in [0.2, 0.25) is 0 Å². The maximum Gasteiger partial charge on any atom is 0.390 e. The lowest BCUT2D eigenvalue weighted by atomic mass is 9.56. The van der Waals surface area contributed by atoms with Crippen molar-refractivity contribution in [2.45, 2.75) is 63.9 Å². The fourth-order valence-electron chi connectivity index (χ4n) is 3.95. The van der Waals surface area contributed by atoms with Crippen LogP contribution in [0.15, 0.2) is 11.6 Å². The molecule has 0 radical (unpaired) electrons. The molecule has 0 bridgehead atoms. The monoisotopic (exact) mass is 322 g/mol. The predicted octanol–water partition coefficient (Wildman–Crippen LogP) is 5.28. The summed E-state index contributed by atoms with van der Waals surface area (Å²) in [4.78, 5) is 10.4. The summed E-state index contributed by atoms with van der Waals surface area (Å²) in [5.74, 6) is 0.113. The van der Waals surface area contributed by atoms with Crippen molar-refractivity contribution in [3.05, 3.63) is 11.6 Å². The summed E-state index contributed by atoms with van der Waals surface area (Å²) in [5.41, 5.74) is 0.903. The number of hydrogen-bond donors (Lipinski definition) is 0. The van der Waals surface area contributed by atoms with Gasteiger partial charge in [-0.1, -0.05) is 19.4 Å². The van der Waals surface area contributed by atoms with Crippen LogP contribution in [0.3, 0.4) is 0 Å². The third-order valence-electron chi connectivity index (χ3n) is 5.49. The van der Waals surface area contributed by atoms with Crippen LogP contribution in [0.4, 0.5) is 13.2 Å². The Morgan fingerprint density at radius 3 is 2.62 bits per heavy atom. The van der Waals surface area contributed by atoms with Crippen LogP contribution in [-0.2, 0) is 4.79 Å². The van der Waals surface area contributed by atoms with Gasteiger partial charge in [0, 0.05) is 6.42 Å². The molecule has 1 saturated carbocycles. The molecule has 0 heterocycles. The van der Waals surface area contributed by atoms with Crippen LogP contribution in [0.2, 0.25) is 0 Å². The van der Waals surface area contributed by atoms with E-state index in [1.54, 1.807) is 6.08 Å². The van der Waals surface area contributed by atoms with Crippen LogP contribution >= 0.6 is 11.6 Å². The fraction of sp³-hybridized carbons (Fsp3) is 0.812. The molecule has 0 N–H and O–H groups in total. The van der Waals surface area contributed by atoms with E-state index in [0.29, 0.717) is 25.7 Å². The van der Waals surface area contributed by atoms with E-state index >= 15 is 0 Å². The van der Waals surface area contributed by atoms with Gasteiger partial charge in [-0.25, -0.2) is 0 Å². The predicted molar refractivity (Wildman–Crippen MR) is 77.2 cm³/mol. The first-order chi connectivity index (χ1) is 9.44. The molecule has 120 valence electrons. The maximum absolute atomic E-state index is 12.7. The topological polar surface area (TPSA) is 17.1 Å². The van der Waals surface area contributed by atoms with Gasteiger partial charge < -0.3 is 0 Å². The highest BCUT2D eigenvalue weighted by atomic mass is 35.5. The van der Waals surface area contributed by atoms with Crippen LogP contribution in [0.25, 0.3) is 0 Å². The first-order valence-electron chi connectivity index (χ1n) is 7.43. The van der Waals surface area contributed by atoms with E-state index in [1.807, 2.05) is 6.92 Å². The summed E-state index contributed by atoms with van der Waals surface area (Å²) in [5, 5.41) is 0. The van der Waals surface area contributed by atoms with Gasteiger partial charge >= 0.3 is 6.18 Å². The molecular weight excluding hydrogens is 301 g/mol. The summed E-state index contributed by atoms with van der Waals surface area (Å²) >= 11 is 6.26. The van der Waals surface area contributed by atoms with Gasteiger partial charge in [0.15, 0.2) is 5.78 Å². The number of carbonyl (C=O) groups is 1. The summed E-state index contributed by atoms with van der Waals surface area (Å²) in [6, 6.07) is 0. The van der Waals surface area contributed by atoms with Crippen LogP contribution in [-0.4, -0.2) is 16.8 Å². The Labute approximate surface area is 128 Å². The number of hydrogen-bond acceptors (Lipinski definition) is 1. The van der Waals surface area contributed by atoms with Crippen LogP contribution in [0, 0.1) is 17.3 Å². The first-order valence-corrected chi connectivity index (χ1v) is 7.81. The molecule has 0 aliphatic heterocycles. The quantitative estimate of drug-likeness (QED) is 0.632. The average molecular weight is 323 g/mol. The number of allylic oxidation sites excluding steroid dienone is 2. The van der Waals surface area contributed by atoms with Crippen LogP contribution < -0.4 is 0 Å². The third-order valence-corrected chi connectivity index (χ3v) is 5.94. The zero-order valence-electron chi connectivity index (χ0n) is 12.7. The highest BCUT2D eigenvalue weighted by molar-refractivity contribution is 6.23. The second-order valence-corrected chi connectivity index (χ2v) is 8.03. The standard InChI is InChI=1S/C16H22ClF3O/c1-10-6-13(21)7-11-4-5-12(8-14(10,11)2)15(3,17)9-16(18,19)20/h7,10,12H,4-6,8-9H2,1-3H3/t10-,12-,14+,15?/m1/s1. The van der Waals surface area contributed by atoms with Gasteiger partial charge in [-0.2, -0.15) is 13.2 Å². The average Bonchev–Trinajstić information content (AvgIpc) is 2.27. The lowest BCUT2D eigenvalue weighted by molar-refractivity contribution is -0.145. The molecule has 1 fully saturated rings. The van der Waals surface area contributed by atoms with Crippen LogP contribution in [0.5, 0.6) is 0 Å². The zero-order valence-corrected chi connectivity index (χ0v) is 13.4. The van der Waals surface area contributed by atoms with Gasteiger partial charge in [0.1, 0.15) is 0 Å². The molecule has 21 heavy (non-hydrogen) atoms. The summed E-state index contributed by atoms with van der Waals surface area (Å²) in [6.45, 7) is 5.59. The minimum atomic E-state index is -4.25. The second-order valence-electron chi connectivity index (χ2n) is 7.17. The molecule has 0 aromatic heterocycles. The molecule has 1 nitrogen and oxygen atoms in total. The number of rotatable bonds is 2. The zero-order chi connectivity index (χ0) is 16.1. The molecule has 0 amide bonds. The molecule has 5 heteroatoms. The SMILES string of the molecule is C[C@@H]1CC(=O)C=C2CC[C@@H](C(C)(Cl)CC(F)(F)F)C[C@]21C. The molecule has 4 atom stereocenters. The minimum Gasteiger partial charge on any atom is -0.295 e. The Kier molecular flexibility index (Phi) is 4.25. The Bertz CT molecular complexity index is 467. The molecule has 2 aliphatic carbocycles. The molecule has 1 unspecified atom stereocenters. The summed E-state index contributed by atoms with van der Waals surface area (Å²) in [6.07, 6.45) is -1.09. The number of halogens is 4. The van der Waals surface area contributed by atoms with E-state index in [2.05, 4.69) is 6.92 Å². The Morgan fingerprint density at radius 2 is 2.05 bits per heavy atom. The second kappa shape index (κ2) is 5.29. The number of ketones is 1. The molecule has 2 aliphatic rings. The van der Waals surface area contributed by atoms with E-state index in [4.69, 9.17) is 11.6 Å².